The molecular weight excluding hydrogens is 180 g/mol. The second kappa shape index (κ2) is 8.60. The topological polar surface area (TPSA) is 57.5 Å². The van der Waals surface area contributed by atoms with Crippen LogP contribution in [0.2, 0.25) is 0 Å². The second-order valence-corrected chi connectivity index (χ2v) is 3.46. The first-order valence-corrected chi connectivity index (χ1v) is 5.26. The summed E-state index contributed by atoms with van der Waals surface area (Å²) in [7, 11) is 0. The summed E-state index contributed by atoms with van der Waals surface area (Å²) in [6.45, 7) is 2.16. The highest BCUT2D eigenvalue weighted by Gasteiger charge is 1.97. The maximum atomic E-state index is 10.2. The standard InChI is InChI=1S/C11H20O3/c1-2-3-4-5-6-7-10(12)8-9-11(13)14/h8,12H,2-7,9H2,1H3,(H,13,14). The number of allylic oxidation sites excluding steroid dienone is 1. The molecular formula is C11H20O3. The van der Waals surface area contributed by atoms with E-state index >= 15 is 0 Å². The largest absolute Gasteiger partial charge is 0.513 e. The highest BCUT2D eigenvalue weighted by Crippen LogP contribution is 2.09. The minimum absolute atomic E-state index is 0.0825. The molecule has 3 nitrogen and oxygen atoms in total. The fourth-order valence-corrected chi connectivity index (χ4v) is 1.22. The van der Waals surface area contributed by atoms with Crippen LogP contribution >= 0.6 is 0 Å². The van der Waals surface area contributed by atoms with Gasteiger partial charge in [0.15, 0.2) is 0 Å². The van der Waals surface area contributed by atoms with Crippen molar-refractivity contribution in [3.05, 3.63) is 11.8 Å². The Bertz CT molecular complexity index is 185. The Kier molecular flexibility index (Phi) is 7.99. The van der Waals surface area contributed by atoms with Crippen molar-refractivity contribution in [2.75, 3.05) is 0 Å². The molecule has 0 rings (SSSR count). The molecule has 2 N–H and O–H groups in total. The average Bonchev–Trinajstić information content (AvgIpc) is 2.14. The van der Waals surface area contributed by atoms with Crippen LogP contribution in [0, 0.1) is 0 Å². The van der Waals surface area contributed by atoms with E-state index < -0.39 is 5.97 Å². The third-order valence-electron chi connectivity index (χ3n) is 2.05. The van der Waals surface area contributed by atoms with Gasteiger partial charge in [0.1, 0.15) is 0 Å². The Morgan fingerprint density at radius 3 is 2.36 bits per heavy atom. The zero-order valence-electron chi connectivity index (χ0n) is 8.83. The van der Waals surface area contributed by atoms with Crippen LogP contribution in [-0.2, 0) is 4.79 Å². The van der Waals surface area contributed by atoms with E-state index in [1.807, 2.05) is 0 Å². The van der Waals surface area contributed by atoms with E-state index in [0.717, 1.165) is 12.8 Å². The van der Waals surface area contributed by atoms with Gasteiger partial charge < -0.3 is 10.2 Å². The number of carbonyl (C=O) groups is 1. The normalized spacial score (nSPS) is 11.6. The minimum Gasteiger partial charge on any atom is -0.513 e. The van der Waals surface area contributed by atoms with Crippen molar-refractivity contribution >= 4 is 5.97 Å². The molecule has 0 heterocycles. The average molecular weight is 200 g/mol. The highest BCUT2D eigenvalue weighted by atomic mass is 16.4. The summed E-state index contributed by atoms with van der Waals surface area (Å²) in [5, 5.41) is 17.6. The number of hydrogen-bond acceptors (Lipinski definition) is 2. The first-order chi connectivity index (χ1) is 6.66. The SMILES string of the molecule is CCCCCCCC(O)=CCC(=O)O. The maximum absolute atomic E-state index is 10.2. The summed E-state index contributed by atoms with van der Waals surface area (Å²) in [5.74, 6) is -0.688. The van der Waals surface area contributed by atoms with Gasteiger partial charge in [-0.1, -0.05) is 32.6 Å². The van der Waals surface area contributed by atoms with E-state index in [1.54, 1.807) is 0 Å². The molecule has 3 heteroatoms. The first kappa shape index (κ1) is 13.0. The number of unbranched alkanes of at least 4 members (excludes halogenated alkanes) is 4. The van der Waals surface area contributed by atoms with Crippen molar-refractivity contribution in [3.63, 3.8) is 0 Å². The molecule has 0 aliphatic carbocycles. The summed E-state index contributed by atoms with van der Waals surface area (Å²) in [6.07, 6.45) is 7.60. The van der Waals surface area contributed by atoms with Gasteiger partial charge in [-0.3, -0.25) is 4.79 Å². The van der Waals surface area contributed by atoms with E-state index in [4.69, 9.17) is 5.11 Å². The second-order valence-electron chi connectivity index (χ2n) is 3.46. The van der Waals surface area contributed by atoms with Gasteiger partial charge in [-0.15, -0.1) is 0 Å². The van der Waals surface area contributed by atoms with Crippen LogP contribution in [0.25, 0.3) is 0 Å². The number of carboxylic acids is 1. The number of carboxylic acid groups (broad SMARTS) is 1. The van der Waals surface area contributed by atoms with Gasteiger partial charge in [0.2, 0.25) is 0 Å². The molecule has 0 aliphatic rings. The molecule has 0 aromatic heterocycles. The molecule has 0 saturated carbocycles. The number of rotatable bonds is 8. The summed E-state index contributed by atoms with van der Waals surface area (Å²) in [6, 6.07) is 0. The Balaban J connectivity index is 3.38. The number of hydrogen-bond donors (Lipinski definition) is 2. The fourth-order valence-electron chi connectivity index (χ4n) is 1.22. The molecule has 0 aromatic carbocycles. The van der Waals surface area contributed by atoms with Crippen molar-refractivity contribution in [1.82, 2.24) is 0 Å². The van der Waals surface area contributed by atoms with Gasteiger partial charge in [-0.25, -0.2) is 0 Å². The molecule has 0 bridgehead atoms. The Labute approximate surface area is 85.4 Å². The van der Waals surface area contributed by atoms with Crippen LogP contribution < -0.4 is 0 Å². The lowest BCUT2D eigenvalue weighted by Gasteiger charge is -1.99. The molecule has 0 amide bonds. The monoisotopic (exact) mass is 200 g/mol. The van der Waals surface area contributed by atoms with Gasteiger partial charge in [-0.2, -0.15) is 0 Å². The van der Waals surface area contributed by atoms with Crippen LogP contribution in [0.3, 0.4) is 0 Å². The van der Waals surface area contributed by atoms with Crippen LogP contribution in [0.15, 0.2) is 11.8 Å². The summed E-state index contributed by atoms with van der Waals surface area (Å²) in [4.78, 5) is 10.2. The molecule has 0 fully saturated rings. The zero-order chi connectivity index (χ0) is 10.8. The molecule has 0 radical (unpaired) electrons. The van der Waals surface area contributed by atoms with E-state index in [0.29, 0.717) is 6.42 Å². The predicted octanol–water partition coefficient (Wildman–Crippen LogP) is 3.26. The Morgan fingerprint density at radius 1 is 1.14 bits per heavy atom. The molecule has 0 aromatic rings. The quantitative estimate of drug-likeness (QED) is 0.467. The van der Waals surface area contributed by atoms with Crippen LogP contribution in [0.4, 0.5) is 0 Å². The lowest BCUT2D eigenvalue weighted by atomic mass is 10.1. The van der Waals surface area contributed by atoms with Crippen molar-refractivity contribution in [2.24, 2.45) is 0 Å². The maximum Gasteiger partial charge on any atom is 0.307 e. The Morgan fingerprint density at radius 2 is 1.79 bits per heavy atom. The lowest BCUT2D eigenvalue weighted by Crippen LogP contribution is -1.92. The number of aliphatic carboxylic acids is 1. The third kappa shape index (κ3) is 9.10. The lowest BCUT2D eigenvalue weighted by molar-refractivity contribution is -0.136. The molecule has 14 heavy (non-hydrogen) atoms. The summed E-state index contributed by atoms with van der Waals surface area (Å²) in [5.41, 5.74) is 0. The summed E-state index contributed by atoms with van der Waals surface area (Å²) < 4.78 is 0. The number of aliphatic hydroxyl groups is 1. The van der Waals surface area contributed by atoms with Crippen molar-refractivity contribution in [1.29, 1.82) is 0 Å². The molecule has 0 spiro atoms. The van der Waals surface area contributed by atoms with Crippen molar-refractivity contribution < 1.29 is 15.0 Å². The van der Waals surface area contributed by atoms with Crippen LogP contribution in [-0.4, -0.2) is 16.2 Å². The number of aliphatic hydroxyl groups excluding tert-OH is 1. The third-order valence-corrected chi connectivity index (χ3v) is 2.05. The van der Waals surface area contributed by atoms with Crippen molar-refractivity contribution in [2.45, 2.75) is 51.9 Å². The van der Waals surface area contributed by atoms with Crippen LogP contribution in [0.1, 0.15) is 51.9 Å². The highest BCUT2D eigenvalue weighted by molar-refractivity contribution is 5.68. The zero-order valence-corrected chi connectivity index (χ0v) is 8.83. The van der Waals surface area contributed by atoms with Gasteiger partial charge >= 0.3 is 5.97 Å². The van der Waals surface area contributed by atoms with E-state index in [2.05, 4.69) is 6.92 Å². The molecule has 0 unspecified atom stereocenters. The van der Waals surface area contributed by atoms with E-state index in [1.165, 1.54) is 25.3 Å². The predicted molar refractivity (Wildman–Crippen MR) is 56.3 cm³/mol. The van der Waals surface area contributed by atoms with Gasteiger partial charge in [-0.05, 0) is 12.5 Å². The smallest absolute Gasteiger partial charge is 0.307 e. The van der Waals surface area contributed by atoms with E-state index in [-0.39, 0.29) is 12.2 Å². The molecule has 0 aliphatic heterocycles. The van der Waals surface area contributed by atoms with Crippen LogP contribution in [0.5, 0.6) is 0 Å². The molecule has 82 valence electrons. The van der Waals surface area contributed by atoms with Crippen molar-refractivity contribution in [3.8, 4) is 0 Å². The minimum atomic E-state index is -0.900. The fraction of sp³-hybridized carbons (Fsp3) is 0.727. The first-order valence-electron chi connectivity index (χ1n) is 5.26. The van der Waals surface area contributed by atoms with E-state index in [9.17, 15) is 9.90 Å². The molecule has 0 atom stereocenters. The van der Waals surface area contributed by atoms with Gasteiger partial charge in [0, 0.05) is 6.42 Å². The summed E-state index contributed by atoms with van der Waals surface area (Å²) >= 11 is 0. The van der Waals surface area contributed by atoms with Gasteiger partial charge in [0.05, 0.1) is 12.2 Å². The Hall–Kier alpha value is -0.990. The molecule has 0 saturated heterocycles. The van der Waals surface area contributed by atoms with Gasteiger partial charge in [0.25, 0.3) is 0 Å².